The topological polar surface area (TPSA) is 32.3 Å². The Kier molecular flexibility index (Phi) is 3.49. The van der Waals surface area contributed by atoms with Gasteiger partial charge < -0.3 is 10.4 Å². The van der Waals surface area contributed by atoms with Crippen LogP contribution in [0, 0.1) is 0 Å². The van der Waals surface area contributed by atoms with Crippen molar-refractivity contribution in [2.24, 2.45) is 0 Å². The number of hydrogen-bond acceptors (Lipinski definition) is 2. The number of anilines is 1. The second-order valence-electron chi connectivity index (χ2n) is 4.11. The number of nitrogens with one attached hydrogen (secondary N) is 1. The van der Waals surface area contributed by atoms with Gasteiger partial charge in [-0.25, -0.2) is 0 Å². The summed E-state index contributed by atoms with van der Waals surface area (Å²) in [7, 11) is 0. The Bertz CT molecular complexity index is 312. The van der Waals surface area contributed by atoms with Gasteiger partial charge in [-0.2, -0.15) is 0 Å². The van der Waals surface area contributed by atoms with Gasteiger partial charge in [0.05, 0.1) is 12.1 Å². The molecule has 2 unspecified atom stereocenters. The smallest absolute Gasteiger partial charge is 0.0741 e. The molecule has 0 heterocycles. The van der Waals surface area contributed by atoms with Gasteiger partial charge in [0.25, 0.3) is 0 Å². The average molecular weight is 226 g/mol. The third kappa shape index (κ3) is 2.86. The first-order valence-corrected chi connectivity index (χ1v) is 5.84. The van der Waals surface area contributed by atoms with Crippen molar-refractivity contribution in [2.75, 3.05) is 5.32 Å². The van der Waals surface area contributed by atoms with Gasteiger partial charge >= 0.3 is 0 Å². The van der Waals surface area contributed by atoms with Crippen molar-refractivity contribution < 1.29 is 5.11 Å². The number of benzene rings is 1. The predicted octanol–water partition coefficient (Wildman–Crippen LogP) is 3.06. The molecule has 82 valence electrons. The highest BCUT2D eigenvalue weighted by Gasteiger charge is 2.22. The van der Waals surface area contributed by atoms with Gasteiger partial charge in [0.2, 0.25) is 0 Å². The standard InChI is InChI=1S/C12H16ClNO/c13-9-5-7-10(8-6-9)14-11-3-1-2-4-12(11)15/h5-8,11-12,14-15H,1-4H2. The van der Waals surface area contributed by atoms with E-state index in [4.69, 9.17) is 11.6 Å². The zero-order valence-electron chi connectivity index (χ0n) is 8.62. The summed E-state index contributed by atoms with van der Waals surface area (Å²) >= 11 is 5.81. The van der Waals surface area contributed by atoms with E-state index in [0.717, 1.165) is 30.0 Å². The molecule has 15 heavy (non-hydrogen) atoms. The molecule has 0 aliphatic heterocycles. The van der Waals surface area contributed by atoms with Crippen molar-refractivity contribution in [3.8, 4) is 0 Å². The number of hydrogen-bond donors (Lipinski definition) is 2. The van der Waals surface area contributed by atoms with Gasteiger partial charge in [-0.1, -0.05) is 24.4 Å². The number of aliphatic hydroxyl groups excluding tert-OH is 1. The number of halogens is 1. The Hall–Kier alpha value is -0.730. The van der Waals surface area contributed by atoms with E-state index in [-0.39, 0.29) is 12.1 Å². The predicted molar refractivity (Wildman–Crippen MR) is 63.3 cm³/mol. The van der Waals surface area contributed by atoms with E-state index < -0.39 is 0 Å². The normalized spacial score (nSPS) is 26.3. The minimum atomic E-state index is -0.213. The molecule has 0 radical (unpaired) electrons. The second-order valence-corrected chi connectivity index (χ2v) is 4.55. The van der Waals surface area contributed by atoms with Crippen LogP contribution in [0.15, 0.2) is 24.3 Å². The Balaban J connectivity index is 1.98. The Morgan fingerprint density at radius 3 is 2.47 bits per heavy atom. The number of rotatable bonds is 2. The van der Waals surface area contributed by atoms with Crippen LogP contribution in [0.1, 0.15) is 25.7 Å². The largest absolute Gasteiger partial charge is 0.391 e. The second kappa shape index (κ2) is 4.86. The zero-order chi connectivity index (χ0) is 10.7. The molecule has 2 N–H and O–H groups in total. The lowest BCUT2D eigenvalue weighted by atomic mass is 9.92. The lowest BCUT2D eigenvalue weighted by Crippen LogP contribution is -2.36. The van der Waals surface area contributed by atoms with E-state index in [9.17, 15) is 5.11 Å². The highest BCUT2D eigenvalue weighted by molar-refractivity contribution is 6.30. The van der Waals surface area contributed by atoms with Gasteiger partial charge in [-0.05, 0) is 37.1 Å². The van der Waals surface area contributed by atoms with E-state index in [1.165, 1.54) is 6.42 Å². The van der Waals surface area contributed by atoms with E-state index in [1.54, 1.807) is 0 Å². The monoisotopic (exact) mass is 225 g/mol. The first kappa shape index (κ1) is 10.8. The lowest BCUT2D eigenvalue weighted by Gasteiger charge is -2.29. The minimum absolute atomic E-state index is 0.194. The summed E-state index contributed by atoms with van der Waals surface area (Å²) in [4.78, 5) is 0. The lowest BCUT2D eigenvalue weighted by molar-refractivity contribution is 0.116. The SMILES string of the molecule is OC1CCCCC1Nc1ccc(Cl)cc1. The van der Waals surface area contributed by atoms with Gasteiger partial charge in [0, 0.05) is 10.7 Å². The molecule has 0 saturated heterocycles. The summed E-state index contributed by atoms with van der Waals surface area (Å²) in [6, 6.07) is 7.81. The van der Waals surface area contributed by atoms with Crippen molar-refractivity contribution in [2.45, 2.75) is 37.8 Å². The molecule has 0 aromatic heterocycles. The quantitative estimate of drug-likeness (QED) is 0.811. The fraction of sp³-hybridized carbons (Fsp3) is 0.500. The molecule has 1 fully saturated rings. The van der Waals surface area contributed by atoms with Crippen LogP contribution in [0.5, 0.6) is 0 Å². The van der Waals surface area contributed by atoms with E-state index in [1.807, 2.05) is 24.3 Å². The molecule has 2 rings (SSSR count). The van der Waals surface area contributed by atoms with E-state index >= 15 is 0 Å². The molecular formula is C12H16ClNO. The van der Waals surface area contributed by atoms with E-state index in [2.05, 4.69) is 5.32 Å². The van der Waals surface area contributed by atoms with Crippen LogP contribution >= 0.6 is 11.6 Å². The molecule has 1 aromatic carbocycles. The van der Waals surface area contributed by atoms with Crippen molar-refractivity contribution >= 4 is 17.3 Å². The molecule has 2 atom stereocenters. The van der Waals surface area contributed by atoms with Gasteiger partial charge in [-0.15, -0.1) is 0 Å². The molecule has 0 bridgehead atoms. The first-order chi connectivity index (χ1) is 7.25. The highest BCUT2D eigenvalue weighted by atomic mass is 35.5. The molecular weight excluding hydrogens is 210 g/mol. The van der Waals surface area contributed by atoms with Crippen molar-refractivity contribution in [3.05, 3.63) is 29.3 Å². The van der Waals surface area contributed by atoms with Crippen molar-refractivity contribution in [3.63, 3.8) is 0 Å². The molecule has 0 spiro atoms. The molecule has 1 aliphatic rings. The van der Waals surface area contributed by atoms with Crippen molar-refractivity contribution in [1.29, 1.82) is 0 Å². The number of aliphatic hydroxyl groups is 1. The molecule has 2 nitrogen and oxygen atoms in total. The van der Waals surface area contributed by atoms with Crippen LogP contribution in [0.3, 0.4) is 0 Å². The van der Waals surface area contributed by atoms with Gasteiger partial charge in [-0.3, -0.25) is 0 Å². The van der Waals surface area contributed by atoms with Crippen LogP contribution < -0.4 is 5.32 Å². The summed E-state index contributed by atoms with van der Waals surface area (Å²) < 4.78 is 0. The summed E-state index contributed by atoms with van der Waals surface area (Å²) in [5.74, 6) is 0. The molecule has 1 aromatic rings. The molecule has 0 amide bonds. The van der Waals surface area contributed by atoms with Crippen molar-refractivity contribution in [1.82, 2.24) is 0 Å². The maximum absolute atomic E-state index is 9.80. The Labute approximate surface area is 95.3 Å². The molecule has 3 heteroatoms. The maximum atomic E-state index is 9.80. The van der Waals surface area contributed by atoms with Crippen LogP contribution in [-0.2, 0) is 0 Å². The fourth-order valence-corrected chi connectivity index (χ4v) is 2.17. The van der Waals surface area contributed by atoms with Crippen LogP contribution in [0.2, 0.25) is 5.02 Å². The fourth-order valence-electron chi connectivity index (χ4n) is 2.04. The first-order valence-electron chi connectivity index (χ1n) is 5.46. The Morgan fingerprint density at radius 2 is 1.80 bits per heavy atom. The summed E-state index contributed by atoms with van der Waals surface area (Å²) in [5.41, 5.74) is 1.03. The molecule has 1 saturated carbocycles. The van der Waals surface area contributed by atoms with Crippen LogP contribution in [0.25, 0.3) is 0 Å². The maximum Gasteiger partial charge on any atom is 0.0741 e. The van der Waals surface area contributed by atoms with Crippen LogP contribution in [-0.4, -0.2) is 17.3 Å². The minimum Gasteiger partial charge on any atom is -0.391 e. The zero-order valence-corrected chi connectivity index (χ0v) is 9.37. The Morgan fingerprint density at radius 1 is 1.13 bits per heavy atom. The summed E-state index contributed by atoms with van der Waals surface area (Å²) in [5, 5.41) is 13.9. The average Bonchev–Trinajstić information content (AvgIpc) is 2.25. The highest BCUT2D eigenvalue weighted by Crippen LogP contribution is 2.22. The van der Waals surface area contributed by atoms with E-state index in [0.29, 0.717) is 0 Å². The third-order valence-corrected chi connectivity index (χ3v) is 3.18. The third-order valence-electron chi connectivity index (χ3n) is 2.93. The van der Waals surface area contributed by atoms with Crippen LogP contribution in [0.4, 0.5) is 5.69 Å². The summed E-state index contributed by atoms with van der Waals surface area (Å²) in [6.07, 6.45) is 4.08. The molecule has 1 aliphatic carbocycles. The van der Waals surface area contributed by atoms with Gasteiger partial charge in [0.1, 0.15) is 0 Å². The summed E-state index contributed by atoms with van der Waals surface area (Å²) in [6.45, 7) is 0. The van der Waals surface area contributed by atoms with Gasteiger partial charge in [0.15, 0.2) is 0 Å².